The molecule has 1 amide bonds. The van der Waals surface area contributed by atoms with Gasteiger partial charge in [-0.3, -0.25) is 9.78 Å². The van der Waals surface area contributed by atoms with Crippen molar-refractivity contribution in [2.75, 3.05) is 25.0 Å². The minimum atomic E-state index is 0.00573. The lowest BCUT2D eigenvalue weighted by Crippen LogP contribution is -2.43. The molecule has 0 N–H and O–H groups in total. The van der Waals surface area contributed by atoms with Gasteiger partial charge in [0.15, 0.2) is 0 Å². The molecule has 0 radical (unpaired) electrons. The van der Waals surface area contributed by atoms with E-state index in [1.54, 1.807) is 23.5 Å². The molecule has 23 heavy (non-hydrogen) atoms. The molecule has 3 heterocycles. The number of carbonyl (C=O) groups excluding carboxylic acids is 1. The Morgan fingerprint density at radius 3 is 3.04 bits per heavy atom. The van der Waals surface area contributed by atoms with Gasteiger partial charge in [0.1, 0.15) is 5.82 Å². The van der Waals surface area contributed by atoms with E-state index in [0.717, 1.165) is 34.4 Å². The third-order valence-corrected chi connectivity index (χ3v) is 5.26. The van der Waals surface area contributed by atoms with Gasteiger partial charge in [0.2, 0.25) is 5.91 Å². The summed E-state index contributed by atoms with van der Waals surface area (Å²) in [7, 11) is 1.86. The molecule has 1 saturated heterocycles. The van der Waals surface area contributed by atoms with Crippen molar-refractivity contribution in [3.8, 4) is 0 Å². The van der Waals surface area contributed by atoms with Gasteiger partial charge in [-0.05, 0) is 25.0 Å². The van der Waals surface area contributed by atoms with Gasteiger partial charge in [-0.2, -0.15) is 0 Å². The summed E-state index contributed by atoms with van der Waals surface area (Å²) in [5.41, 5.74) is 0. The molecule has 0 bridgehead atoms. The molecule has 3 rings (SSSR count). The predicted octanol–water partition coefficient (Wildman–Crippen LogP) is 3.07. The van der Waals surface area contributed by atoms with Gasteiger partial charge >= 0.3 is 0 Å². The second-order valence-corrected chi connectivity index (χ2v) is 7.55. The van der Waals surface area contributed by atoms with Crippen LogP contribution < -0.4 is 4.90 Å². The van der Waals surface area contributed by atoms with Crippen molar-refractivity contribution in [1.82, 2.24) is 14.9 Å². The first-order valence-electron chi connectivity index (χ1n) is 7.63. The summed E-state index contributed by atoms with van der Waals surface area (Å²) in [5.74, 6) is 1.03. The number of hydrogen-bond acceptors (Lipinski definition) is 5. The van der Waals surface area contributed by atoms with E-state index in [9.17, 15) is 4.79 Å². The van der Waals surface area contributed by atoms with Gasteiger partial charge in [0.25, 0.3) is 0 Å². The lowest BCUT2D eigenvalue weighted by molar-refractivity contribution is -0.135. The van der Waals surface area contributed by atoms with E-state index >= 15 is 0 Å². The van der Waals surface area contributed by atoms with Crippen molar-refractivity contribution in [3.63, 3.8) is 0 Å². The average molecular weight is 351 g/mol. The number of halogens is 1. The number of piperidine rings is 1. The molecule has 0 saturated carbocycles. The highest BCUT2D eigenvalue weighted by Crippen LogP contribution is 2.25. The predicted molar refractivity (Wildman–Crippen MR) is 92.8 cm³/mol. The van der Waals surface area contributed by atoms with Crippen LogP contribution in [-0.2, 0) is 11.3 Å². The van der Waals surface area contributed by atoms with E-state index in [-0.39, 0.29) is 11.8 Å². The van der Waals surface area contributed by atoms with Gasteiger partial charge < -0.3 is 9.80 Å². The zero-order valence-corrected chi connectivity index (χ0v) is 14.6. The lowest BCUT2D eigenvalue weighted by atomic mass is 9.96. The first-order chi connectivity index (χ1) is 11.1. The van der Waals surface area contributed by atoms with Crippen molar-refractivity contribution in [1.29, 1.82) is 0 Å². The molecule has 0 spiro atoms. The first-order valence-corrected chi connectivity index (χ1v) is 8.83. The summed E-state index contributed by atoms with van der Waals surface area (Å²) in [6, 6.07) is 3.85. The zero-order valence-electron chi connectivity index (χ0n) is 13.0. The number of carbonyl (C=O) groups is 1. The summed E-state index contributed by atoms with van der Waals surface area (Å²) < 4.78 is 0.757. The summed E-state index contributed by atoms with van der Waals surface area (Å²) in [4.78, 5) is 26.2. The van der Waals surface area contributed by atoms with Crippen LogP contribution in [0.5, 0.6) is 0 Å². The maximum Gasteiger partial charge on any atom is 0.227 e. The Morgan fingerprint density at radius 1 is 1.48 bits per heavy atom. The summed E-state index contributed by atoms with van der Waals surface area (Å²) in [5, 5.41) is 0. The first kappa shape index (κ1) is 16.2. The normalized spacial score (nSPS) is 18.0. The number of anilines is 1. The third-order valence-electron chi connectivity index (χ3n) is 4.04. The molecule has 0 aliphatic carbocycles. The zero-order chi connectivity index (χ0) is 16.2. The van der Waals surface area contributed by atoms with Crippen LogP contribution in [0.3, 0.4) is 0 Å². The molecule has 1 fully saturated rings. The number of hydrogen-bond donors (Lipinski definition) is 0. The Hall–Kier alpha value is -1.66. The van der Waals surface area contributed by atoms with Gasteiger partial charge in [0.05, 0.1) is 23.0 Å². The third kappa shape index (κ3) is 4.00. The summed E-state index contributed by atoms with van der Waals surface area (Å²) in [6.45, 7) is 2.23. The van der Waals surface area contributed by atoms with Crippen LogP contribution >= 0.6 is 22.9 Å². The topological polar surface area (TPSA) is 49.3 Å². The van der Waals surface area contributed by atoms with Crippen LogP contribution in [0.4, 0.5) is 5.82 Å². The Morgan fingerprint density at radius 2 is 2.35 bits per heavy atom. The molecule has 1 aliphatic heterocycles. The second-order valence-electron chi connectivity index (χ2n) is 5.75. The molecule has 2 aromatic heterocycles. The minimum absolute atomic E-state index is 0.00573. The van der Waals surface area contributed by atoms with Crippen molar-refractivity contribution in [2.45, 2.75) is 19.4 Å². The summed E-state index contributed by atoms with van der Waals surface area (Å²) >= 11 is 7.48. The maximum atomic E-state index is 12.7. The van der Waals surface area contributed by atoms with Gasteiger partial charge in [0, 0.05) is 37.4 Å². The molecule has 0 aromatic carbocycles. The number of amides is 1. The fourth-order valence-electron chi connectivity index (χ4n) is 2.90. The van der Waals surface area contributed by atoms with Crippen LogP contribution in [0.25, 0.3) is 0 Å². The second kappa shape index (κ2) is 7.27. The highest BCUT2D eigenvalue weighted by Gasteiger charge is 2.28. The Bertz CT molecular complexity index is 663. The fraction of sp³-hybridized carbons (Fsp3) is 0.438. The largest absolute Gasteiger partial charge is 0.355 e. The van der Waals surface area contributed by atoms with Crippen molar-refractivity contribution in [3.05, 3.63) is 39.9 Å². The van der Waals surface area contributed by atoms with Crippen LogP contribution in [0, 0.1) is 5.92 Å². The lowest BCUT2D eigenvalue weighted by Gasteiger charge is -2.34. The quantitative estimate of drug-likeness (QED) is 0.850. The number of rotatable bonds is 4. The van der Waals surface area contributed by atoms with Crippen LogP contribution in [0.2, 0.25) is 4.34 Å². The van der Waals surface area contributed by atoms with Gasteiger partial charge in [-0.25, -0.2) is 4.98 Å². The van der Waals surface area contributed by atoms with Crippen molar-refractivity contribution >= 4 is 34.7 Å². The fourth-order valence-corrected chi connectivity index (χ4v) is 4.04. The summed E-state index contributed by atoms with van der Waals surface area (Å²) in [6.07, 6.45) is 7.02. The van der Waals surface area contributed by atoms with Gasteiger partial charge in [-0.1, -0.05) is 11.6 Å². The smallest absolute Gasteiger partial charge is 0.227 e. The molecule has 5 nitrogen and oxygen atoms in total. The van der Waals surface area contributed by atoms with E-state index in [1.165, 1.54) is 11.3 Å². The molecule has 1 aliphatic rings. The van der Waals surface area contributed by atoms with E-state index in [2.05, 4.69) is 14.9 Å². The standard InChI is InChI=1S/C16H19ClN4OS/c1-20(11-13-4-5-14(17)23-13)16(22)12-3-2-8-21(10-12)15-9-18-6-7-19-15/h4-7,9,12H,2-3,8,10-11H2,1H3. The number of aromatic nitrogens is 2. The highest BCUT2D eigenvalue weighted by molar-refractivity contribution is 7.16. The molecular weight excluding hydrogens is 332 g/mol. The molecular formula is C16H19ClN4OS. The number of thiophene rings is 1. The van der Waals surface area contributed by atoms with E-state index in [4.69, 9.17) is 11.6 Å². The minimum Gasteiger partial charge on any atom is -0.355 e. The van der Waals surface area contributed by atoms with Crippen molar-refractivity contribution in [2.24, 2.45) is 5.92 Å². The van der Waals surface area contributed by atoms with Gasteiger partial charge in [-0.15, -0.1) is 11.3 Å². The van der Waals surface area contributed by atoms with Crippen LogP contribution in [0.15, 0.2) is 30.7 Å². The molecule has 2 aromatic rings. The Balaban J connectivity index is 1.62. The molecule has 1 atom stereocenters. The van der Waals surface area contributed by atoms with E-state index < -0.39 is 0 Å². The van der Waals surface area contributed by atoms with Crippen LogP contribution in [-0.4, -0.2) is 40.9 Å². The Labute approximate surface area is 144 Å². The molecule has 1 unspecified atom stereocenters. The maximum absolute atomic E-state index is 12.7. The van der Waals surface area contributed by atoms with Crippen molar-refractivity contribution < 1.29 is 4.79 Å². The number of nitrogens with zero attached hydrogens (tertiary/aromatic N) is 4. The SMILES string of the molecule is CN(Cc1ccc(Cl)s1)C(=O)C1CCCN(c2cnccn2)C1. The molecule has 7 heteroatoms. The van der Waals surface area contributed by atoms with Crippen LogP contribution in [0.1, 0.15) is 17.7 Å². The molecule has 122 valence electrons. The monoisotopic (exact) mass is 350 g/mol. The van der Waals surface area contributed by atoms with E-state index in [0.29, 0.717) is 13.1 Å². The Kier molecular flexibility index (Phi) is 5.13. The van der Waals surface area contributed by atoms with E-state index in [1.807, 2.05) is 19.2 Å². The average Bonchev–Trinajstić information content (AvgIpc) is 3.00. The highest BCUT2D eigenvalue weighted by atomic mass is 35.5.